The van der Waals surface area contributed by atoms with Crippen molar-refractivity contribution in [3.63, 3.8) is 0 Å². The first kappa shape index (κ1) is 15.7. The number of pyridine rings is 1. The highest BCUT2D eigenvalue weighted by Gasteiger charge is 2.08. The number of hydrogen-bond acceptors (Lipinski definition) is 3. The number of anilines is 1. The quantitative estimate of drug-likeness (QED) is 0.439. The fourth-order valence-electron chi connectivity index (χ4n) is 2.84. The topological polar surface area (TPSA) is 24.9 Å². The van der Waals surface area contributed by atoms with Gasteiger partial charge in [-0.3, -0.25) is 4.98 Å². The second kappa shape index (κ2) is 6.99. The van der Waals surface area contributed by atoms with E-state index in [2.05, 4.69) is 83.4 Å². The average Bonchev–Trinajstić information content (AvgIpc) is 2.68. The van der Waals surface area contributed by atoms with Crippen LogP contribution in [-0.4, -0.2) is 4.98 Å². The fourth-order valence-corrected chi connectivity index (χ4v) is 3.51. The van der Waals surface area contributed by atoms with Gasteiger partial charge in [0.15, 0.2) is 0 Å². The van der Waals surface area contributed by atoms with E-state index < -0.39 is 0 Å². The first-order valence-corrected chi connectivity index (χ1v) is 9.05. The maximum atomic E-state index is 4.62. The van der Waals surface area contributed by atoms with E-state index in [4.69, 9.17) is 0 Å². The summed E-state index contributed by atoms with van der Waals surface area (Å²) >= 11 is 1.61. The van der Waals surface area contributed by atoms with E-state index in [1.54, 1.807) is 11.9 Å². The molecule has 0 aliphatic carbocycles. The summed E-state index contributed by atoms with van der Waals surface area (Å²) < 4.78 is 3.46. The van der Waals surface area contributed by atoms with Crippen molar-refractivity contribution in [2.45, 2.75) is 11.8 Å². The molecule has 4 rings (SSSR count). The van der Waals surface area contributed by atoms with Gasteiger partial charge in [-0.15, -0.1) is 0 Å². The molecule has 0 saturated carbocycles. The normalized spacial score (nSPS) is 10.8. The Morgan fingerprint density at radius 2 is 1.60 bits per heavy atom. The summed E-state index contributed by atoms with van der Waals surface area (Å²) in [5, 5.41) is 1.16. The zero-order chi connectivity index (χ0) is 17.1. The first-order chi connectivity index (χ1) is 12.3. The van der Waals surface area contributed by atoms with Crippen LogP contribution in [0.1, 0.15) is 5.56 Å². The molecular weight excluding hydrogens is 324 g/mol. The molecule has 1 N–H and O–H groups in total. The maximum Gasteiger partial charge on any atom is 0.0947 e. The molecule has 25 heavy (non-hydrogen) atoms. The summed E-state index contributed by atoms with van der Waals surface area (Å²) in [6.07, 6.45) is 1.85. The van der Waals surface area contributed by atoms with E-state index in [0.29, 0.717) is 0 Å². The lowest BCUT2D eigenvalue weighted by Crippen LogP contribution is -1.92. The minimum absolute atomic E-state index is 0.989. The Morgan fingerprint density at radius 1 is 0.800 bits per heavy atom. The van der Waals surface area contributed by atoms with Gasteiger partial charge in [0.05, 0.1) is 11.2 Å². The van der Waals surface area contributed by atoms with Gasteiger partial charge in [-0.2, -0.15) is 0 Å². The van der Waals surface area contributed by atoms with E-state index in [0.717, 1.165) is 16.6 Å². The van der Waals surface area contributed by atoms with E-state index in [9.17, 15) is 0 Å². The number of aromatic nitrogens is 1. The Labute approximate surface area is 152 Å². The highest BCUT2D eigenvalue weighted by atomic mass is 32.2. The lowest BCUT2D eigenvalue weighted by atomic mass is 10.00. The Balaban J connectivity index is 1.70. The molecule has 0 amide bonds. The fraction of sp³-hybridized carbons (Fsp3) is 0.0455. The third kappa shape index (κ3) is 3.37. The molecule has 0 aliphatic rings. The minimum Gasteiger partial charge on any atom is -0.324 e. The van der Waals surface area contributed by atoms with Crippen molar-refractivity contribution in [1.82, 2.24) is 4.98 Å². The summed E-state index contributed by atoms with van der Waals surface area (Å²) in [4.78, 5) is 5.80. The van der Waals surface area contributed by atoms with Gasteiger partial charge in [-0.25, -0.2) is 0 Å². The van der Waals surface area contributed by atoms with Gasteiger partial charge in [0.25, 0.3) is 0 Å². The number of nitrogens with one attached hydrogen (secondary N) is 1. The molecule has 0 atom stereocenters. The van der Waals surface area contributed by atoms with Crippen molar-refractivity contribution in [2.75, 3.05) is 4.72 Å². The van der Waals surface area contributed by atoms with Gasteiger partial charge >= 0.3 is 0 Å². The number of hydrogen-bond donors (Lipinski definition) is 1. The summed E-state index contributed by atoms with van der Waals surface area (Å²) in [6.45, 7) is 2.10. The van der Waals surface area contributed by atoms with Crippen molar-refractivity contribution in [3.05, 3.63) is 90.6 Å². The molecule has 122 valence electrons. The van der Waals surface area contributed by atoms with Crippen molar-refractivity contribution < 1.29 is 0 Å². The van der Waals surface area contributed by atoms with Crippen LogP contribution in [0.2, 0.25) is 0 Å². The molecular formula is C22H18N2S. The predicted octanol–water partition coefficient (Wildman–Crippen LogP) is 6.33. The van der Waals surface area contributed by atoms with Crippen molar-refractivity contribution in [2.24, 2.45) is 0 Å². The lowest BCUT2D eigenvalue weighted by molar-refractivity contribution is 1.38. The second-order valence-electron chi connectivity index (χ2n) is 5.94. The van der Waals surface area contributed by atoms with Crippen molar-refractivity contribution >= 4 is 28.5 Å². The first-order valence-electron chi connectivity index (χ1n) is 8.24. The van der Waals surface area contributed by atoms with Crippen LogP contribution in [0.25, 0.3) is 22.0 Å². The Morgan fingerprint density at radius 3 is 2.40 bits per heavy atom. The molecule has 0 radical (unpaired) electrons. The maximum absolute atomic E-state index is 4.62. The Hall–Kier alpha value is -2.78. The standard InChI is InChI=1S/C22H18N2S/c1-16-9-11-18(12-10-16)25-24-21-14-13-19(17-6-3-2-4-7-17)20-8-5-15-23-22(20)21/h2-15,24H,1H3. The molecule has 0 aliphatic heterocycles. The minimum atomic E-state index is 0.989. The van der Waals surface area contributed by atoms with Gasteiger partial charge in [0, 0.05) is 16.5 Å². The van der Waals surface area contributed by atoms with E-state index in [1.165, 1.54) is 21.6 Å². The van der Waals surface area contributed by atoms with Crippen molar-refractivity contribution in [1.29, 1.82) is 0 Å². The molecule has 0 spiro atoms. The summed E-state index contributed by atoms with van der Waals surface area (Å²) in [7, 11) is 0. The van der Waals surface area contributed by atoms with Crippen LogP contribution in [-0.2, 0) is 0 Å². The lowest BCUT2D eigenvalue weighted by Gasteiger charge is -2.12. The predicted molar refractivity (Wildman–Crippen MR) is 108 cm³/mol. The number of rotatable bonds is 4. The van der Waals surface area contributed by atoms with Crippen LogP contribution in [0.3, 0.4) is 0 Å². The molecule has 0 bridgehead atoms. The SMILES string of the molecule is Cc1ccc(SNc2ccc(-c3ccccc3)c3cccnc23)cc1. The number of aryl methyl sites for hydroxylation is 1. The summed E-state index contributed by atoms with van der Waals surface area (Å²) in [6, 6.07) is 27.3. The number of benzene rings is 3. The van der Waals surface area contributed by atoms with E-state index in [1.807, 2.05) is 18.3 Å². The van der Waals surface area contributed by atoms with Crippen molar-refractivity contribution in [3.8, 4) is 11.1 Å². The molecule has 0 saturated heterocycles. The molecule has 1 aromatic heterocycles. The van der Waals surface area contributed by atoms with Crippen LogP contribution in [0.4, 0.5) is 5.69 Å². The molecule has 0 fully saturated rings. The highest BCUT2D eigenvalue weighted by molar-refractivity contribution is 8.00. The van der Waals surface area contributed by atoms with Gasteiger partial charge in [0.1, 0.15) is 0 Å². The number of fused-ring (bicyclic) bond motifs is 1. The summed E-state index contributed by atoms with van der Waals surface area (Å²) in [5.74, 6) is 0. The smallest absolute Gasteiger partial charge is 0.0947 e. The molecule has 0 unspecified atom stereocenters. The Kier molecular flexibility index (Phi) is 4.40. The monoisotopic (exact) mass is 342 g/mol. The second-order valence-corrected chi connectivity index (χ2v) is 6.82. The molecule has 3 heteroatoms. The Bertz CT molecular complexity index is 995. The molecule has 3 aromatic carbocycles. The van der Waals surface area contributed by atoms with Crippen LogP contribution in [0.15, 0.2) is 90.0 Å². The zero-order valence-corrected chi connectivity index (χ0v) is 14.8. The average molecular weight is 342 g/mol. The molecule has 1 heterocycles. The van der Waals surface area contributed by atoms with Crippen LogP contribution in [0, 0.1) is 6.92 Å². The van der Waals surface area contributed by atoms with Crippen LogP contribution < -0.4 is 4.72 Å². The zero-order valence-electron chi connectivity index (χ0n) is 13.9. The van der Waals surface area contributed by atoms with E-state index in [-0.39, 0.29) is 0 Å². The van der Waals surface area contributed by atoms with E-state index >= 15 is 0 Å². The van der Waals surface area contributed by atoms with Crippen LogP contribution in [0.5, 0.6) is 0 Å². The molecule has 4 aromatic rings. The number of nitrogens with zero attached hydrogens (tertiary/aromatic N) is 1. The largest absolute Gasteiger partial charge is 0.324 e. The van der Waals surface area contributed by atoms with Gasteiger partial charge in [-0.05, 0) is 54.3 Å². The van der Waals surface area contributed by atoms with Gasteiger partial charge in [0.2, 0.25) is 0 Å². The third-order valence-electron chi connectivity index (χ3n) is 4.15. The summed E-state index contributed by atoms with van der Waals surface area (Å²) in [5.41, 5.74) is 5.70. The van der Waals surface area contributed by atoms with Crippen LogP contribution >= 0.6 is 11.9 Å². The van der Waals surface area contributed by atoms with Gasteiger partial charge in [-0.1, -0.05) is 60.2 Å². The highest BCUT2D eigenvalue weighted by Crippen LogP contribution is 2.33. The molecule has 2 nitrogen and oxygen atoms in total. The third-order valence-corrected chi connectivity index (χ3v) is 4.98. The van der Waals surface area contributed by atoms with Gasteiger partial charge < -0.3 is 4.72 Å².